The van der Waals surface area contributed by atoms with Crippen molar-refractivity contribution in [1.29, 1.82) is 0 Å². The van der Waals surface area contributed by atoms with Crippen LogP contribution in [0.5, 0.6) is 0 Å². The van der Waals surface area contributed by atoms with Gasteiger partial charge in [0.1, 0.15) is 0 Å². The topological polar surface area (TPSA) is 129 Å². The maximum atomic E-state index is 12.5. The van der Waals surface area contributed by atoms with Crippen LogP contribution < -0.4 is 0 Å². The molecule has 25 heavy (non-hydrogen) atoms. The minimum absolute atomic E-state index is 0.0918. The first-order valence-corrected chi connectivity index (χ1v) is 9.69. The predicted molar refractivity (Wildman–Crippen MR) is 85.6 cm³/mol. The second kappa shape index (κ2) is 13.8. The smallest absolute Gasteiger partial charge is 0.336 e. The Morgan fingerprint density at radius 2 is 1.52 bits per heavy atom. The molecule has 0 saturated heterocycles. The lowest BCUT2D eigenvalue weighted by atomic mass is 10.3. The van der Waals surface area contributed by atoms with Gasteiger partial charge in [-0.1, -0.05) is 13.8 Å². The molecular weight excluding hydrogens is 357 g/mol. The third-order valence-electron chi connectivity index (χ3n) is 2.79. The lowest BCUT2D eigenvalue weighted by molar-refractivity contribution is -0.153. The molecule has 1 amide bonds. The van der Waals surface area contributed by atoms with Gasteiger partial charge in [0.05, 0.1) is 6.16 Å². The Morgan fingerprint density at radius 3 is 1.92 bits per heavy atom. The van der Waals surface area contributed by atoms with E-state index in [4.69, 9.17) is 23.7 Å². The van der Waals surface area contributed by atoms with Gasteiger partial charge in [-0.2, -0.15) is 0 Å². The van der Waals surface area contributed by atoms with Gasteiger partial charge in [0, 0.05) is 19.4 Å². The van der Waals surface area contributed by atoms with Crippen molar-refractivity contribution >= 4 is 25.9 Å². The number of carbonyl (C=O) groups is 3. The molecule has 0 bridgehead atoms. The zero-order chi connectivity index (χ0) is 19.1. The van der Waals surface area contributed by atoms with E-state index in [0.29, 0.717) is 17.9 Å². The number of hydroxylamine groups is 2. The summed E-state index contributed by atoms with van der Waals surface area (Å²) in [7, 11) is -3.74. The van der Waals surface area contributed by atoms with Gasteiger partial charge >= 0.3 is 19.5 Å². The lowest BCUT2D eigenvalue weighted by Gasteiger charge is -2.19. The molecule has 0 unspecified atom stereocenters. The number of hydrogen-bond acceptors (Lipinski definition) is 9. The summed E-state index contributed by atoms with van der Waals surface area (Å²) < 4.78 is 32.1. The molecule has 0 saturated carbocycles. The SMILES string of the molecule is CCCC(=O)OCOP(=O)(CCCN(O)C=O)OCOC(=O)CCC. The van der Waals surface area contributed by atoms with Gasteiger partial charge in [-0.05, 0) is 19.3 Å². The fourth-order valence-electron chi connectivity index (χ4n) is 1.54. The van der Waals surface area contributed by atoms with Gasteiger partial charge in [-0.15, -0.1) is 0 Å². The molecule has 0 rings (SSSR count). The van der Waals surface area contributed by atoms with Crippen LogP contribution in [0, 0.1) is 0 Å². The standard InChI is InChI=1S/C14H26NO9P/c1-3-6-13(17)21-11-23-25(20,9-5-8-15(19)10-16)24-12-22-14(18)7-4-2/h10,19H,3-9,11-12H2,1-2H3. The van der Waals surface area contributed by atoms with E-state index in [1.54, 1.807) is 13.8 Å². The third-order valence-corrected chi connectivity index (χ3v) is 4.65. The molecule has 0 aromatic heterocycles. The Balaban J connectivity index is 4.46. The summed E-state index contributed by atoms with van der Waals surface area (Å²) in [4.78, 5) is 32.8. The van der Waals surface area contributed by atoms with E-state index in [0.717, 1.165) is 0 Å². The number of carbonyl (C=O) groups excluding carboxylic acids is 3. The molecular formula is C14H26NO9P. The molecule has 0 aromatic carbocycles. The number of nitrogens with zero attached hydrogens (tertiary/aromatic N) is 1. The van der Waals surface area contributed by atoms with Crippen molar-refractivity contribution in [3.05, 3.63) is 0 Å². The molecule has 0 aliphatic carbocycles. The molecule has 0 fully saturated rings. The summed E-state index contributed by atoms with van der Waals surface area (Å²) in [6, 6.07) is 0. The summed E-state index contributed by atoms with van der Waals surface area (Å²) in [5, 5.41) is 9.41. The van der Waals surface area contributed by atoms with Gasteiger partial charge < -0.3 is 9.47 Å². The number of ether oxygens (including phenoxy) is 2. The van der Waals surface area contributed by atoms with Crippen LogP contribution in [0.2, 0.25) is 0 Å². The van der Waals surface area contributed by atoms with E-state index in [1.807, 2.05) is 0 Å². The highest BCUT2D eigenvalue weighted by Crippen LogP contribution is 2.48. The maximum absolute atomic E-state index is 12.5. The quantitative estimate of drug-likeness (QED) is 0.113. The second-order valence-electron chi connectivity index (χ2n) is 4.98. The van der Waals surface area contributed by atoms with Crippen LogP contribution in [0.15, 0.2) is 0 Å². The van der Waals surface area contributed by atoms with Crippen LogP contribution in [0.1, 0.15) is 46.0 Å². The average Bonchev–Trinajstić information content (AvgIpc) is 2.55. The van der Waals surface area contributed by atoms with E-state index in [1.165, 1.54) is 0 Å². The number of amides is 1. The summed E-state index contributed by atoms with van der Waals surface area (Å²) in [5.74, 6) is -1.02. The monoisotopic (exact) mass is 383 g/mol. The molecule has 0 spiro atoms. The largest absolute Gasteiger partial charge is 0.438 e. The van der Waals surface area contributed by atoms with Crippen LogP contribution in [-0.2, 0) is 37.5 Å². The zero-order valence-corrected chi connectivity index (χ0v) is 15.4. The van der Waals surface area contributed by atoms with E-state index in [2.05, 4.69) is 0 Å². The Kier molecular flexibility index (Phi) is 13.0. The minimum Gasteiger partial charge on any atom is -0.438 e. The normalized spacial score (nSPS) is 11.0. The highest BCUT2D eigenvalue weighted by molar-refractivity contribution is 7.53. The van der Waals surface area contributed by atoms with Crippen molar-refractivity contribution in [3.8, 4) is 0 Å². The first-order chi connectivity index (χ1) is 11.9. The highest BCUT2D eigenvalue weighted by atomic mass is 31.2. The van der Waals surface area contributed by atoms with Gasteiger partial charge in [0.25, 0.3) is 0 Å². The summed E-state index contributed by atoms with van der Waals surface area (Å²) in [6.07, 6.45) is 1.71. The summed E-state index contributed by atoms with van der Waals surface area (Å²) in [5.41, 5.74) is 0. The second-order valence-corrected chi connectivity index (χ2v) is 7.17. The molecule has 1 N–H and O–H groups in total. The van der Waals surface area contributed by atoms with E-state index in [9.17, 15) is 18.9 Å². The van der Waals surface area contributed by atoms with Gasteiger partial charge in [0.15, 0.2) is 0 Å². The number of hydrogen-bond donors (Lipinski definition) is 1. The van der Waals surface area contributed by atoms with Crippen molar-refractivity contribution in [2.75, 3.05) is 26.3 Å². The molecule has 0 aliphatic rings. The van der Waals surface area contributed by atoms with E-state index >= 15 is 0 Å². The van der Waals surface area contributed by atoms with Crippen LogP contribution in [0.3, 0.4) is 0 Å². The molecule has 0 radical (unpaired) electrons. The lowest BCUT2D eigenvalue weighted by Crippen LogP contribution is -2.19. The molecule has 0 aromatic rings. The van der Waals surface area contributed by atoms with Gasteiger partial charge in [-0.25, -0.2) is 5.06 Å². The molecule has 0 atom stereocenters. The fourth-order valence-corrected chi connectivity index (χ4v) is 2.83. The predicted octanol–water partition coefficient (Wildman–Crippen LogP) is 2.05. The third kappa shape index (κ3) is 12.5. The average molecular weight is 383 g/mol. The number of esters is 2. The van der Waals surface area contributed by atoms with Crippen molar-refractivity contribution in [2.45, 2.75) is 46.0 Å². The Labute approximate surface area is 146 Å². The Morgan fingerprint density at radius 1 is 1.04 bits per heavy atom. The highest BCUT2D eigenvalue weighted by Gasteiger charge is 2.26. The summed E-state index contributed by atoms with van der Waals surface area (Å²) >= 11 is 0. The van der Waals surface area contributed by atoms with E-state index in [-0.39, 0.29) is 38.4 Å². The Hall–Kier alpha value is -1.48. The number of rotatable bonds is 15. The molecule has 0 aliphatic heterocycles. The van der Waals surface area contributed by atoms with Crippen LogP contribution in [-0.4, -0.2) is 54.9 Å². The molecule has 146 valence electrons. The van der Waals surface area contributed by atoms with Crippen LogP contribution in [0.25, 0.3) is 0 Å². The van der Waals surface area contributed by atoms with Crippen molar-refractivity contribution in [3.63, 3.8) is 0 Å². The fraction of sp³-hybridized carbons (Fsp3) is 0.786. The van der Waals surface area contributed by atoms with Crippen LogP contribution >= 0.6 is 7.60 Å². The van der Waals surface area contributed by atoms with Gasteiger partial charge in [-0.3, -0.25) is 33.2 Å². The van der Waals surface area contributed by atoms with E-state index < -0.39 is 33.1 Å². The first kappa shape index (κ1) is 23.5. The van der Waals surface area contributed by atoms with Crippen molar-refractivity contribution in [1.82, 2.24) is 5.06 Å². The molecule has 10 nitrogen and oxygen atoms in total. The molecule has 0 heterocycles. The maximum Gasteiger partial charge on any atom is 0.336 e. The van der Waals surface area contributed by atoms with Gasteiger partial charge in [0.2, 0.25) is 20.0 Å². The van der Waals surface area contributed by atoms with Crippen molar-refractivity contribution in [2.24, 2.45) is 0 Å². The zero-order valence-electron chi connectivity index (χ0n) is 14.5. The van der Waals surface area contributed by atoms with Crippen molar-refractivity contribution < 1.29 is 42.7 Å². The molecule has 11 heteroatoms. The first-order valence-electron chi connectivity index (χ1n) is 7.97. The Bertz CT molecular complexity index is 430. The van der Waals surface area contributed by atoms with Crippen LogP contribution in [0.4, 0.5) is 0 Å². The minimum atomic E-state index is -3.74. The summed E-state index contributed by atoms with van der Waals surface area (Å²) in [6.45, 7) is 2.36.